The number of carbonyl (C=O) groups excluding carboxylic acids is 2. The van der Waals surface area contributed by atoms with Crippen LogP contribution >= 0.6 is 0 Å². The van der Waals surface area contributed by atoms with E-state index in [2.05, 4.69) is 5.32 Å². The maximum atomic E-state index is 11.7. The smallest absolute Gasteiger partial charge is 0.412 e. The number of amides is 2. The van der Waals surface area contributed by atoms with Gasteiger partial charge in [-0.05, 0) is 62.6 Å². The lowest BCUT2D eigenvalue weighted by atomic mass is 10.0. The maximum absolute atomic E-state index is 11.7. The van der Waals surface area contributed by atoms with Crippen LogP contribution in [0, 0.1) is 0 Å². The molecule has 0 saturated heterocycles. The lowest BCUT2D eigenvalue weighted by Gasteiger charge is -2.19. The van der Waals surface area contributed by atoms with Crippen molar-refractivity contribution in [2.24, 2.45) is 5.73 Å². The van der Waals surface area contributed by atoms with Gasteiger partial charge >= 0.3 is 6.09 Å². The van der Waals surface area contributed by atoms with Crippen LogP contribution in [0.1, 0.15) is 42.3 Å². The van der Waals surface area contributed by atoms with Crippen molar-refractivity contribution in [1.82, 2.24) is 0 Å². The molecule has 0 aromatic heterocycles. The Kier molecular flexibility index (Phi) is 5.24. The van der Waals surface area contributed by atoms with Crippen LogP contribution in [0.3, 0.4) is 0 Å². The molecule has 0 bridgehead atoms. The van der Waals surface area contributed by atoms with Crippen molar-refractivity contribution in [2.45, 2.75) is 32.8 Å². The van der Waals surface area contributed by atoms with Gasteiger partial charge in [-0.1, -0.05) is 24.3 Å². The number of anilines is 1. The molecule has 0 radical (unpaired) electrons. The van der Waals surface area contributed by atoms with E-state index >= 15 is 0 Å². The summed E-state index contributed by atoms with van der Waals surface area (Å²) in [4.78, 5) is 23.0. The summed E-state index contributed by atoms with van der Waals surface area (Å²) in [7, 11) is 0. The zero-order chi connectivity index (χ0) is 17.7. The summed E-state index contributed by atoms with van der Waals surface area (Å²) in [6.45, 7) is 5.45. The van der Waals surface area contributed by atoms with E-state index in [9.17, 15) is 9.59 Å². The van der Waals surface area contributed by atoms with E-state index in [1.807, 2.05) is 57.2 Å². The van der Waals surface area contributed by atoms with Gasteiger partial charge in [0.2, 0.25) is 5.91 Å². The van der Waals surface area contributed by atoms with Crippen LogP contribution in [0.15, 0.2) is 48.5 Å². The van der Waals surface area contributed by atoms with Crippen molar-refractivity contribution in [3.05, 3.63) is 65.2 Å². The SMILES string of the molecule is CC(C)(C)OC(=O)Nc1ccc(Cc2cccc(C(N)=O)c2)cc1. The monoisotopic (exact) mass is 326 g/mol. The molecule has 5 heteroatoms. The first-order valence-corrected chi connectivity index (χ1v) is 7.71. The fourth-order valence-corrected chi connectivity index (χ4v) is 2.20. The average molecular weight is 326 g/mol. The Hall–Kier alpha value is -2.82. The van der Waals surface area contributed by atoms with E-state index in [0.29, 0.717) is 17.7 Å². The molecule has 126 valence electrons. The highest BCUT2D eigenvalue weighted by Gasteiger charge is 2.16. The van der Waals surface area contributed by atoms with E-state index in [1.54, 1.807) is 12.1 Å². The van der Waals surface area contributed by atoms with E-state index < -0.39 is 17.6 Å². The Bertz CT molecular complexity index is 731. The number of rotatable bonds is 4. The summed E-state index contributed by atoms with van der Waals surface area (Å²) in [5.74, 6) is -0.436. The number of carbonyl (C=O) groups is 2. The van der Waals surface area contributed by atoms with Gasteiger partial charge in [0, 0.05) is 11.3 Å². The average Bonchev–Trinajstić information content (AvgIpc) is 2.47. The number of hydrogen-bond acceptors (Lipinski definition) is 3. The molecule has 5 nitrogen and oxygen atoms in total. The van der Waals surface area contributed by atoms with E-state index in [-0.39, 0.29) is 0 Å². The van der Waals surface area contributed by atoms with Crippen LogP contribution in [-0.4, -0.2) is 17.6 Å². The number of benzene rings is 2. The molecule has 0 fully saturated rings. The molecule has 3 N–H and O–H groups in total. The van der Waals surface area contributed by atoms with Gasteiger partial charge < -0.3 is 10.5 Å². The zero-order valence-electron chi connectivity index (χ0n) is 14.1. The van der Waals surface area contributed by atoms with Crippen LogP contribution in [0.25, 0.3) is 0 Å². The van der Waals surface area contributed by atoms with Crippen LogP contribution in [-0.2, 0) is 11.2 Å². The Morgan fingerprint density at radius 1 is 1.04 bits per heavy atom. The molecular formula is C19H22N2O3. The normalized spacial score (nSPS) is 11.0. The Morgan fingerprint density at radius 2 is 1.71 bits per heavy atom. The molecule has 0 saturated carbocycles. The third-order valence-electron chi connectivity index (χ3n) is 3.22. The predicted molar refractivity (Wildman–Crippen MR) is 94.1 cm³/mol. The van der Waals surface area contributed by atoms with Gasteiger partial charge in [-0.15, -0.1) is 0 Å². The van der Waals surface area contributed by atoms with Crippen molar-refractivity contribution >= 4 is 17.7 Å². The van der Waals surface area contributed by atoms with Crippen molar-refractivity contribution in [3.8, 4) is 0 Å². The molecule has 0 heterocycles. The van der Waals surface area contributed by atoms with Gasteiger partial charge in [-0.25, -0.2) is 4.79 Å². The summed E-state index contributed by atoms with van der Waals surface area (Å²) in [6, 6.07) is 14.7. The molecule has 24 heavy (non-hydrogen) atoms. The van der Waals surface area contributed by atoms with Crippen LogP contribution in [0.4, 0.5) is 10.5 Å². The zero-order valence-corrected chi connectivity index (χ0v) is 14.1. The number of nitrogens with one attached hydrogen (secondary N) is 1. The Labute approximate surface area is 141 Å². The molecule has 0 aliphatic carbocycles. The standard InChI is InChI=1S/C19H22N2O3/c1-19(2,3)24-18(23)21-16-9-7-13(8-10-16)11-14-5-4-6-15(12-14)17(20)22/h4-10,12H,11H2,1-3H3,(H2,20,22)(H,21,23). The van der Waals surface area contributed by atoms with Crippen LogP contribution < -0.4 is 11.1 Å². The van der Waals surface area contributed by atoms with E-state index in [4.69, 9.17) is 10.5 Å². The van der Waals surface area contributed by atoms with E-state index in [0.717, 1.165) is 11.1 Å². The second kappa shape index (κ2) is 7.17. The minimum atomic E-state index is -0.532. The number of nitrogens with two attached hydrogens (primary N) is 1. The van der Waals surface area contributed by atoms with Crippen LogP contribution in [0.5, 0.6) is 0 Å². The maximum Gasteiger partial charge on any atom is 0.412 e. The summed E-state index contributed by atoms with van der Waals surface area (Å²) < 4.78 is 5.21. The quantitative estimate of drug-likeness (QED) is 0.898. The van der Waals surface area contributed by atoms with Gasteiger partial charge in [0.15, 0.2) is 0 Å². The van der Waals surface area contributed by atoms with Gasteiger partial charge in [0.1, 0.15) is 5.60 Å². The minimum Gasteiger partial charge on any atom is -0.444 e. The molecule has 2 aromatic rings. The highest BCUT2D eigenvalue weighted by atomic mass is 16.6. The van der Waals surface area contributed by atoms with Crippen molar-refractivity contribution in [2.75, 3.05) is 5.32 Å². The van der Waals surface area contributed by atoms with Crippen molar-refractivity contribution in [1.29, 1.82) is 0 Å². The molecule has 2 amide bonds. The fraction of sp³-hybridized carbons (Fsp3) is 0.263. The van der Waals surface area contributed by atoms with Crippen molar-refractivity contribution < 1.29 is 14.3 Å². The highest BCUT2D eigenvalue weighted by molar-refractivity contribution is 5.92. The second-order valence-corrected chi connectivity index (χ2v) is 6.57. The number of ether oxygens (including phenoxy) is 1. The lowest BCUT2D eigenvalue weighted by molar-refractivity contribution is 0.0635. The molecule has 0 aliphatic heterocycles. The van der Waals surface area contributed by atoms with Crippen molar-refractivity contribution in [3.63, 3.8) is 0 Å². The Morgan fingerprint density at radius 3 is 2.29 bits per heavy atom. The first kappa shape index (κ1) is 17.5. The number of hydrogen-bond donors (Lipinski definition) is 2. The molecule has 0 unspecified atom stereocenters. The fourth-order valence-electron chi connectivity index (χ4n) is 2.20. The van der Waals surface area contributed by atoms with Crippen LogP contribution in [0.2, 0.25) is 0 Å². The van der Waals surface area contributed by atoms with E-state index in [1.165, 1.54) is 0 Å². The highest BCUT2D eigenvalue weighted by Crippen LogP contribution is 2.16. The lowest BCUT2D eigenvalue weighted by Crippen LogP contribution is -2.27. The van der Waals surface area contributed by atoms with Gasteiger partial charge in [-0.2, -0.15) is 0 Å². The first-order valence-electron chi connectivity index (χ1n) is 7.71. The summed E-state index contributed by atoms with van der Waals surface area (Å²) in [6.07, 6.45) is 0.192. The Balaban J connectivity index is 2.01. The summed E-state index contributed by atoms with van der Waals surface area (Å²) >= 11 is 0. The molecular weight excluding hydrogens is 304 g/mol. The topological polar surface area (TPSA) is 81.4 Å². The third kappa shape index (κ3) is 5.43. The first-order chi connectivity index (χ1) is 11.2. The third-order valence-corrected chi connectivity index (χ3v) is 3.22. The van der Waals surface area contributed by atoms with Gasteiger partial charge in [-0.3, -0.25) is 10.1 Å². The minimum absolute atomic E-state index is 0.436. The largest absolute Gasteiger partial charge is 0.444 e. The number of primary amides is 1. The predicted octanol–water partition coefficient (Wildman–Crippen LogP) is 3.72. The second-order valence-electron chi connectivity index (χ2n) is 6.57. The van der Waals surface area contributed by atoms with Gasteiger partial charge in [0.05, 0.1) is 0 Å². The molecule has 2 rings (SSSR count). The molecule has 0 spiro atoms. The summed E-state index contributed by atoms with van der Waals surface area (Å²) in [5, 5.41) is 2.69. The molecule has 0 aliphatic rings. The van der Waals surface area contributed by atoms with Gasteiger partial charge in [0.25, 0.3) is 0 Å². The molecule has 2 aromatic carbocycles. The molecule has 0 atom stereocenters. The summed E-state index contributed by atoms with van der Waals surface area (Å²) in [5.41, 5.74) is 7.98.